The fraction of sp³-hybridized carbons (Fsp3) is 0.562. The second kappa shape index (κ2) is 5.89. The molecule has 0 amide bonds. The number of aryl methyl sites for hydroxylation is 2. The van der Waals surface area contributed by atoms with E-state index >= 15 is 0 Å². The van der Waals surface area contributed by atoms with E-state index in [1.165, 1.54) is 18.7 Å². The maximum Gasteiger partial charge on any atom is 0.391 e. The Morgan fingerprint density at radius 1 is 1.12 bits per heavy atom. The minimum atomic E-state index is -4.19. The number of piperidine rings is 1. The molecule has 0 spiro atoms. The molecule has 2 aromatic rings. The van der Waals surface area contributed by atoms with E-state index < -0.39 is 23.3 Å². The molecule has 1 aliphatic rings. The Balaban J connectivity index is 2.13. The predicted octanol–water partition coefficient (Wildman–Crippen LogP) is 1.72. The maximum absolute atomic E-state index is 12.9. The molecule has 0 aromatic carbocycles. The van der Waals surface area contributed by atoms with Crippen LogP contribution < -0.4 is 16.1 Å². The van der Waals surface area contributed by atoms with Crippen molar-refractivity contribution in [1.29, 1.82) is 0 Å². The van der Waals surface area contributed by atoms with Crippen LogP contribution in [0.4, 0.5) is 18.9 Å². The van der Waals surface area contributed by atoms with E-state index in [9.17, 15) is 22.8 Å². The topological polar surface area (TPSA) is 60.1 Å². The number of hydrogen-bond acceptors (Lipinski definition) is 4. The van der Waals surface area contributed by atoms with Gasteiger partial charge in [0.25, 0.3) is 5.56 Å². The molecule has 0 saturated carbocycles. The summed E-state index contributed by atoms with van der Waals surface area (Å²) in [5.41, 5.74) is 0.542. The van der Waals surface area contributed by atoms with Crippen molar-refractivity contribution in [1.82, 2.24) is 14.1 Å². The fourth-order valence-electron chi connectivity index (χ4n) is 3.45. The third-order valence-corrected chi connectivity index (χ3v) is 4.90. The van der Waals surface area contributed by atoms with Crippen LogP contribution in [0.15, 0.2) is 15.8 Å². The van der Waals surface area contributed by atoms with Gasteiger partial charge in [0.1, 0.15) is 5.39 Å². The molecule has 1 fully saturated rings. The Morgan fingerprint density at radius 3 is 2.28 bits per heavy atom. The third-order valence-electron chi connectivity index (χ3n) is 4.90. The van der Waals surface area contributed by atoms with Crippen molar-refractivity contribution in [3.8, 4) is 0 Å². The summed E-state index contributed by atoms with van der Waals surface area (Å²) >= 11 is 0. The van der Waals surface area contributed by atoms with Crippen LogP contribution in [0, 0.1) is 12.8 Å². The van der Waals surface area contributed by atoms with Crippen LogP contribution >= 0.6 is 0 Å². The third kappa shape index (κ3) is 2.81. The number of aromatic nitrogens is 3. The van der Waals surface area contributed by atoms with Crippen LogP contribution in [0.2, 0.25) is 0 Å². The number of rotatable bonds is 1. The van der Waals surface area contributed by atoms with Gasteiger partial charge in [-0.2, -0.15) is 13.2 Å². The van der Waals surface area contributed by atoms with Gasteiger partial charge in [-0.05, 0) is 25.3 Å². The lowest BCUT2D eigenvalue weighted by Gasteiger charge is -2.35. The molecule has 0 atom stereocenters. The van der Waals surface area contributed by atoms with E-state index in [1.54, 1.807) is 18.0 Å². The second-order valence-corrected chi connectivity index (χ2v) is 6.50. The van der Waals surface area contributed by atoms with Gasteiger partial charge in [-0.15, -0.1) is 0 Å². The lowest BCUT2D eigenvalue weighted by molar-refractivity contribution is -0.179. The summed E-state index contributed by atoms with van der Waals surface area (Å²) < 4.78 is 41.0. The Bertz CT molecular complexity index is 938. The van der Waals surface area contributed by atoms with Gasteiger partial charge >= 0.3 is 11.9 Å². The zero-order chi connectivity index (χ0) is 18.5. The molecule has 9 heteroatoms. The molecule has 0 N–H and O–H groups in total. The van der Waals surface area contributed by atoms with E-state index in [1.807, 2.05) is 0 Å². The Kier molecular flexibility index (Phi) is 4.12. The number of fused-ring (bicyclic) bond motifs is 1. The number of anilines is 1. The molecule has 0 bridgehead atoms. The highest BCUT2D eigenvalue weighted by atomic mass is 19.4. The van der Waals surface area contributed by atoms with Crippen molar-refractivity contribution < 1.29 is 13.2 Å². The fourth-order valence-corrected chi connectivity index (χ4v) is 3.45. The van der Waals surface area contributed by atoms with Crippen molar-refractivity contribution in [2.75, 3.05) is 18.0 Å². The number of pyridine rings is 1. The smallest absolute Gasteiger partial charge is 0.370 e. The summed E-state index contributed by atoms with van der Waals surface area (Å²) in [6.07, 6.45) is -2.68. The number of hydrogen-bond donors (Lipinski definition) is 0. The maximum atomic E-state index is 12.9. The molecule has 1 saturated heterocycles. The molecule has 0 unspecified atom stereocenters. The average molecular weight is 356 g/mol. The lowest BCUT2D eigenvalue weighted by Crippen LogP contribution is -2.41. The Hall–Kier alpha value is -2.32. The zero-order valence-electron chi connectivity index (χ0n) is 14.2. The van der Waals surface area contributed by atoms with Gasteiger partial charge in [0.05, 0.1) is 11.6 Å². The first-order chi connectivity index (χ1) is 11.6. The van der Waals surface area contributed by atoms with Crippen molar-refractivity contribution in [2.45, 2.75) is 25.9 Å². The number of halogens is 3. The van der Waals surface area contributed by atoms with Gasteiger partial charge < -0.3 is 4.90 Å². The summed E-state index contributed by atoms with van der Waals surface area (Å²) in [6.45, 7) is 2.18. The second-order valence-electron chi connectivity index (χ2n) is 6.50. The molecule has 2 aromatic heterocycles. The summed E-state index contributed by atoms with van der Waals surface area (Å²) in [6, 6.07) is 0. The van der Waals surface area contributed by atoms with Crippen LogP contribution in [0.25, 0.3) is 11.0 Å². The minimum absolute atomic E-state index is 0.0150. The molecule has 0 radical (unpaired) electrons. The number of nitrogens with zero attached hydrogens (tertiary/aromatic N) is 4. The number of alkyl halides is 3. The van der Waals surface area contributed by atoms with Crippen molar-refractivity contribution in [2.24, 2.45) is 20.0 Å². The highest BCUT2D eigenvalue weighted by Gasteiger charge is 2.41. The molecular weight excluding hydrogens is 337 g/mol. The summed E-state index contributed by atoms with van der Waals surface area (Å²) in [4.78, 5) is 30.7. The van der Waals surface area contributed by atoms with Crippen molar-refractivity contribution >= 4 is 16.7 Å². The van der Waals surface area contributed by atoms with Gasteiger partial charge in [-0.25, -0.2) is 9.78 Å². The van der Waals surface area contributed by atoms with Gasteiger partial charge in [0.15, 0.2) is 5.65 Å². The highest BCUT2D eigenvalue weighted by Crippen LogP contribution is 2.37. The molecule has 136 valence electrons. The molecular formula is C16H19F3N4O2. The first kappa shape index (κ1) is 17.5. The minimum Gasteiger partial charge on any atom is -0.370 e. The van der Waals surface area contributed by atoms with Crippen LogP contribution in [0.1, 0.15) is 18.4 Å². The van der Waals surface area contributed by atoms with E-state index in [0.717, 1.165) is 4.57 Å². The van der Waals surface area contributed by atoms with E-state index in [-0.39, 0.29) is 37.0 Å². The van der Waals surface area contributed by atoms with Gasteiger partial charge in [0.2, 0.25) is 0 Å². The molecule has 3 heterocycles. The zero-order valence-corrected chi connectivity index (χ0v) is 14.2. The predicted molar refractivity (Wildman–Crippen MR) is 88.0 cm³/mol. The quantitative estimate of drug-likeness (QED) is 0.781. The summed E-state index contributed by atoms with van der Waals surface area (Å²) in [7, 11) is 2.90. The monoisotopic (exact) mass is 356 g/mol. The Morgan fingerprint density at radius 2 is 1.72 bits per heavy atom. The van der Waals surface area contributed by atoms with Crippen molar-refractivity contribution in [3.63, 3.8) is 0 Å². The standard InChI is InChI=1S/C16H19F3N4O2/c1-9-8-20-13-11(14(24)22(3)15(25)21(13)2)12(9)23-6-4-10(5-7-23)16(17,18)19/h8,10H,4-7H2,1-3H3. The summed E-state index contributed by atoms with van der Waals surface area (Å²) in [5, 5.41) is 0.273. The van der Waals surface area contributed by atoms with Crippen LogP contribution in [0.5, 0.6) is 0 Å². The van der Waals surface area contributed by atoms with Crippen LogP contribution in [-0.4, -0.2) is 33.4 Å². The highest BCUT2D eigenvalue weighted by molar-refractivity contribution is 5.90. The molecule has 3 rings (SSSR count). The van der Waals surface area contributed by atoms with E-state index in [4.69, 9.17) is 0 Å². The summed E-state index contributed by atoms with van der Waals surface area (Å²) in [5.74, 6) is -1.32. The lowest BCUT2D eigenvalue weighted by atomic mass is 9.95. The average Bonchev–Trinajstić information content (AvgIpc) is 2.57. The normalized spacial score (nSPS) is 16.6. The Labute approximate surface area is 141 Å². The van der Waals surface area contributed by atoms with Gasteiger partial charge in [-0.1, -0.05) is 0 Å². The van der Waals surface area contributed by atoms with Gasteiger partial charge in [0, 0.05) is 33.4 Å². The van der Waals surface area contributed by atoms with Crippen molar-refractivity contribution in [3.05, 3.63) is 32.6 Å². The van der Waals surface area contributed by atoms with Crippen LogP contribution in [0.3, 0.4) is 0 Å². The van der Waals surface area contributed by atoms with Gasteiger partial charge in [-0.3, -0.25) is 13.9 Å². The molecule has 0 aliphatic carbocycles. The molecule has 25 heavy (non-hydrogen) atoms. The molecule has 6 nitrogen and oxygen atoms in total. The SMILES string of the molecule is Cc1cnc2c(c1N1CCC(C(F)(F)F)CC1)c(=O)n(C)c(=O)n2C. The molecule has 1 aliphatic heterocycles. The first-order valence-electron chi connectivity index (χ1n) is 8.00. The largest absolute Gasteiger partial charge is 0.391 e. The van der Waals surface area contributed by atoms with E-state index in [2.05, 4.69) is 4.98 Å². The first-order valence-corrected chi connectivity index (χ1v) is 8.00. The van der Waals surface area contributed by atoms with Crippen LogP contribution in [-0.2, 0) is 14.1 Å². The van der Waals surface area contributed by atoms with E-state index in [0.29, 0.717) is 11.3 Å².